The van der Waals surface area contributed by atoms with Crippen molar-refractivity contribution in [1.29, 1.82) is 0 Å². The molecule has 27 heavy (non-hydrogen) atoms. The van der Waals surface area contributed by atoms with E-state index in [-0.39, 0.29) is 11.5 Å². The molecule has 0 bridgehead atoms. The first-order chi connectivity index (χ1) is 12.9. The van der Waals surface area contributed by atoms with Gasteiger partial charge in [-0.15, -0.1) is 0 Å². The van der Waals surface area contributed by atoms with Crippen molar-refractivity contribution in [3.63, 3.8) is 0 Å². The fourth-order valence-corrected chi connectivity index (χ4v) is 3.47. The molecule has 0 spiro atoms. The van der Waals surface area contributed by atoms with Crippen LogP contribution in [0.25, 0.3) is 0 Å². The maximum Gasteiger partial charge on any atom is 0.341 e. The zero-order valence-electron chi connectivity index (χ0n) is 15.0. The summed E-state index contributed by atoms with van der Waals surface area (Å²) in [5, 5.41) is 15.1. The van der Waals surface area contributed by atoms with Crippen LogP contribution in [-0.2, 0) is 4.79 Å². The van der Waals surface area contributed by atoms with Crippen molar-refractivity contribution in [2.75, 3.05) is 18.2 Å². The second-order valence-electron chi connectivity index (χ2n) is 6.38. The van der Waals surface area contributed by atoms with E-state index in [9.17, 15) is 9.59 Å². The zero-order valence-corrected chi connectivity index (χ0v) is 16.6. The first-order valence-electron chi connectivity index (χ1n) is 8.43. The minimum Gasteiger partial charge on any atom is -0.481 e. The number of rotatable bonds is 6. The van der Waals surface area contributed by atoms with Gasteiger partial charge in [0.05, 0.1) is 23.7 Å². The van der Waals surface area contributed by atoms with Gasteiger partial charge < -0.3 is 9.84 Å². The second-order valence-corrected chi connectivity index (χ2v) is 7.30. The van der Waals surface area contributed by atoms with Crippen molar-refractivity contribution < 1.29 is 19.4 Å². The third-order valence-electron chi connectivity index (χ3n) is 4.35. The monoisotopic (exact) mass is 430 g/mol. The molecule has 140 valence electrons. The minimum absolute atomic E-state index is 0.158. The summed E-state index contributed by atoms with van der Waals surface area (Å²) in [4.78, 5) is 23.8. The molecular formula is C20H19BrN2O4. The average Bonchev–Trinajstić information content (AvgIpc) is 3.09. The van der Waals surface area contributed by atoms with E-state index in [4.69, 9.17) is 9.84 Å². The van der Waals surface area contributed by atoms with Crippen molar-refractivity contribution in [3.8, 4) is 5.75 Å². The van der Waals surface area contributed by atoms with Crippen molar-refractivity contribution in [2.45, 2.75) is 13.8 Å². The lowest BCUT2D eigenvalue weighted by atomic mass is 9.98. The van der Waals surface area contributed by atoms with Crippen LogP contribution in [0.1, 0.15) is 21.5 Å². The van der Waals surface area contributed by atoms with Gasteiger partial charge in [-0.25, -0.2) is 4.79 Å². The molecule has 0 aliphatic carbocycles. The molecule has 1 aliphatic rings. The Hall–Kier alpha value is -2.67. The topological polar surface area (TPSA) is 79.2 Å². The molecule has 3 rings (SSSR count). The lowest BCUT2D eigenvalue weighted by Crippen LogP contribution is -2.25. The quantitative estimate of drug-likeness (QED) is 0.704. The highest BCUT2D eigenvalue weighted by Gasteiger charge is 2.29. The third-order valence-corrected chi connectivity index (χ3v) is 4.84. The normalized spacial score (nSPS) is 15.8. The molecule has 6 nitrogen and oxygen atoms in total. The molecule has 1 atom stereocenters. The van der Waals surface area contributed by atoms with E-state index in [1.54, 1.807) is 24.4 Å². The lowest BCUT2D eigenvalue weighted by Gasteiger charge is -2.20. The number of carbonyl (C=O) groups excluding carboxylic acids is 1. The number of para-hydroxylation sites is 1. The average molecular weight is 431 g/mol. The molecule has 1 N–H and O–H groups in total. The number of ether oxygens (including phenoxy) is 1. The van der Waals surface area contributed by atoms with Crippen molar-refractivity contribution >= 4 is 39.6 Å². The number of carboxylic acid groups (broad SMARTS) is 1. The fraction of sp³-hybridized carbons (Fsp3) is 0.250. The number of benzene rings is 2. The van der Waals surface area contributed by atoms with Crippen molar-refractivity contribution in [1.82, 2.24) is 0 Å². The summed E-state index contributed by atoms with van der Waals surface area (Å²) in [6, 6.07) is 11.0. The summed E-state index contributed by atoms with van der Waals surface area (Å²) in [5.41, 5.74) is 3.52. The van der Waals surface area contributed by atoms with Crippen LogP contribution >= 0.6 is 15.9 Å². The van der Waals surface area contributed by atoms with Crippen LogP contribution in [0.3, 0.4) is 0 Å². The maximum atomic E-state index is 13.0. The van der Waals surface area contributed by atoms with Crippen LogP contribution < -0.4 is 9.75 Å². The number of hydrogen-bond acceptors (Lipinski definition) is 5. The number of halogens is 1. The zero-order chi connectivity index (χ0) is 19.6. The van der Waals surface area contributed by atoms with Gasteiger partial charge >= 0.3 is 5.97 Å². The highest BCUT2D eigenvalue weighted by Crippen LogP contribution is 2.31. The molecule has 0 saturated carbocycles. The second kappa shape index (κ2) is 7.92. The molecule has 0 radical (unpaired) electrons. The van der Waals surface area contributed by atoms with Gasteiger partial charge in [0.25, 0.3) is 0 Å². The van der Waals surface area contributed by atoms with E-state index in [2.05, 4.69) is 21.0 Å². The minimum atomic E-state index is -1.10. The highest BCUT2D eigenvalue weighted by atomic mass is 79.9. The Morgan fingerprint density at radius 1 is 1.26 bits per heavy atom. The van der Waals surface area contributed by atoms with E-state index >= 15 is 0 Å². The molecule has 2 aromatic carbocycles. The first kappa shape index (κ1) is 19.1. The Kier molecular flexibility index (Phi) is 5.60. The Balaban J connectivity index is 1.83. The number of aryl methyl sites for hydroxylation is 2. The van der Waals surface area contributed by atoms with E-state index in [1.807, 2.05) is 37.1 Å². The van der Waals surface area contributed by atoms with Crippen LogP contribution in [0.15, 0.2) is 46.0 Å². The van der Waals surface area contributed by atoms with E-state index in [1.165, 1.54) is 0 Å². The molecule has 7 heteroatoms. The van der Waals surface area contributed by atoms with Gasteiger partial charge in [-0.3, -0.25) is 9.80 Å². The van der Waals surface area contributed by atoms with Gasteiger partial charge in [-0.05, 0) is 43.2 Å². The predicted molar refractivity (Wildman–Crippen MR) is 107 cm³/mol. The molecule has 0 fully saturated rings. The number of hydrazone groups is 1. The number of Topliss-reactive ketones (excluding diaryl/α,β-unsaturated/α-hetero) is 1. The molecule has 0 aromatic heterocycles. The SMILES string of the molecule is Cc1cccc(C)c1N1CC(C(=O)c2cc(Br)ccc2OCC(=O)O)C=N1. The summed E-state index contributed by atoms with van der Waals surface area (Å²) in [7, 11) is 0. The Labute approximate surface area is 165 Å². The van der Waals surface area contributed by atoms with Gasteiger partial charge in [0.15, 0.2) is 12.4 Å². The van der Waals surface area contributed by atoms with Gasteiger partial charge in [-0.2, -0.15) is 5.10 Å². The Morgan fingerprint density at radius 2 is 1.96 bits per heavy atom. The number of carbonyl (C=O) groups is 2. The standard InChI is InChI=1S/C20H19BrN2O4/c1-12-4-3-5-13(2)19(12)23-10-14(9-22-23)20(26)16-8-15(21)6-7-17(16)27-11-18(24)25/h3-9,14H,10-11H2,1-2H3,(H,24,25). The van der Waals surface area contributed by atoms with Crippen LogP contribution in [0, 0.1) is 19.8 Å². The lowest BCUT2D eigenvalue weighted by molar-refractivity contribution is -0.139. The molecule has 1 heterocycles. The molecule has 1 aliphatic heterocycles. The summed E-state index contributed by atoms with van der Waals surface area (Å²) >= 11 is 3.35. The van der Waals surface area contributed by atoms with Crippen LogP contribution in [0.5, 0.6) is 5.75 Å². The number of aliphatic carboxylic acids is 1. The van der Waals surface area contributed by atoms with Crippen LogP contribution in [-0.4, -0.2) is 36.2 Å². The fourth-order valence-electron chi connectivity index (χ4n) is 3.11. The third kappa shape index (κ3) is 4.19. The summed E-state index contributed by atoms with van der Waals surface area (Å²) < 4.78 is 6.00. The number of ketones is 1. The van der Waals surface area contributed by atoms with Crippen molar-refractivity contribution in [2.24, 2.45) is 11.0 Å². The van der Waals surface area contributed by atoms with Gasteiger partial charge in [0.2, 0.25) is 0 Å². The highest BCUT2D eigenvalue weighted by molar-refractivity contribution is 9.10. The van der Waals surface area contributed by atoms with Gasteiger partial charge in [0, 0.05) is 10.7 Å². The summed E-state index contributed by atoms with van der Waals surface area (Å²) in [5.74, 6) is -1.44. The van der Waals surface area contributed by atoms with Crippen LogP contribution in [0.4, 0.5) is 5.69 Å². The number of nitrogens with zero attached hydrogens (tertiary/aromatic N) is 2. The van der Waals surface area contributed by atoms with Gasteiger partial charge in [0.1, 0.15) is 5.75 Å². The largest absolute Gasteiger partial charge is 0.481 e. The summed E-state index contributed by atoms with van der Waals surface area (Å²) in [6.07, 6.45) is 1.64. The molecular weight excluding hydrogens is 412 g/mol. The Bertz CT molecular complexity index is 906. The van der Waals surface area contributed by atoms with E-state index in [0.717, 1.165) is 21.3 Å². The smallest absolute Gasteiger partial charge is 0.341 e. The molecule has 2 aromatic rings. The van der Waals surface area contributed by atoms with E-state index < -0.39 is 18.5 Å². The van der Waals surface area contributed by atoms with Gasteiger partial charge in [-0.1, -0.05) is 34.1 Å². The van der Waals surface area contributed by atoms with Crippen molar-refractivity contribution in [3.05, 3.63) is 57.6 Å². The Morgan fingerprint density at radius 3 is 2.63 bits per heavy atom. The first-order valence-corrected chi connectivity index (χ1v) is 9.22. The molecule has 0 amide bonds. The maximum absolute atomic E-state index is 13.0. The van der Waals surface area contributed by atoms with E-state index in [0.29, 0.717) is 12.1 Å². The number of carboxylic acids is 1. The predicted octanol–water partition coefficient (Wildman–Crippen LogP) is 3.83. The molecule has 1 unspecified atom stereocenters. The molecule has 0 saturated heterocycles. The summed E-state index contributed by atoms with van der Waals surface area (Å²) in [6.45, 7) is 3.95. The number of anilines is 1. The van der Waals surface area contributed by atoms with Crippen LogP contribution in [0.2, 0.25) is 0 Å². The number of hydrogen-bond donors (Lipinski definition) is 1.